The predicted octanol–water partition coefficient (Wildman–Crippen LogP) is 3.75. The second-order valence-electron chi connectivity index (χ2n) is 5.88. The lowest BCUT2D eigenvalue weighted by Gasteiger charge is -2.05. The van der Waals surface area contributed by atoms with Gasteiger partial charge in [-0.2, -0.15) is 0 Å². The van der Waals surface area contributed by atoms with Crippen molar-refractivity contribution in [2.45, 2.75) is 0 Å². The Bertz CT molecular complexity index is 1070. The molecule has 5 heteroatoms. The van der Waals surface area contributed by atoms with Gasteiger partial charge in [0.15, 0.2) is 5.69 Å². The van der Waals surface area contributed by atoms with Gasteiger partial charge in [0.05, 0.1) is 11.9 Å². The summed E-state index contributed by atoms with van der Waals surface area (Å²) in [6.45, 7) is 0. The number of nitrogen functional groups attached to an aromatic ring is 1. The number of hydrogen-bond acceptors (Lipinski definition) is 4. The summed E-state index contributed by atoms with van der Waals surface area (Å²) in [5.74, 6) is -0.242. The van der Waals surface area contributed by atoms with E-state index >= 15 is 0 Å². The maximum absolute atomic E-state index is 12.6. The summed E-state index contributed by atoms with van der Waals surface area (Å²) in [6, 6.07) is 24.9. The molecule has 0 radical (unpaired) electrons. The van der Waals surface area contributed by atoms with Gasteiger partial charge < -0.3 is 5.73 Å². The lowest BCUT2D eigenvalue weighted by molar-refractivity contribution is 0.103. The van der Waals surface area contributed by atoms with Crippen molar-refractivity contribution < 1.29 is 4.79 Å². The Morgan fingerprint density at radius 3 is 2.38 bits per heavy atom. The smallest absolute Gasteiger partial charge is 0.216 e. The van der Waals surface area contributed by atoms with Gasteiger partial charge >= 0.3 is 0 Å². The van der Waals surface area contributed by atoms with Gasteiger partial charge in [0, 0.05) is 11.3 Å². The number of hydrogen-bond donors (Lipinski definition) is 1. The van der Waals surface area contributed by atoms with E-state index in [-0.39, 0.29) is 11.5 Å². The largest absolute Gasteiger partial charge is 0.398 e. The molecule has 3 aromatic carbocycles. The van der Waals surface area contributed by atoms with Gasteiger partial charge in [-0.3, -0.25) is 4.79 Å². The average molecular weight is 340 g/mol. The predicted molar refractivity (Wildman–Crippen MR) is 101 cm³/mol. The van der Waals surface area contributed by atoms with Crippen LogP contribution in [0.1, 0.15) is 16.1 Å². The third-order valence-electron chi connectivity index (χ3n) is 4.15. The van der Waals surface area contributed by atoms with Crippen LogP contribution in [0.3, 0.4) is 0 Å². The SMILES string of the molecule is Nc1ccccc1C(=O)c1cn(-c2cccc(-c3ccccc3)c2)nn1. The summed E-state index contributed by atoms with van der Waals surface area (Å²) < 4.78 is 1.60. The van der Waals surface area contributed by atoms with Crippen LogP contribution in [-0.4, -0.2) is 20.8 Å². The molecule has 0 amide bonds. The molecule has 1 aromatic heterocycles. The molecule has 2 N–H and O–H groups in total. The number of ketones is 1. The van der Waals surface area contributed by atoms with E-state index in [0.717, 1.165) is 16.8 Å². The number of nitrogens with zero attached hydrogens (tertiary/aromatic N) is 3. The van der Waals surface area contributed by atoms with E-state index in [0.29, 0.717) is 11.3 Å². The van der Waals surface area contributed by atoms with Crippen LogP contribution in [0.5, 0.6) is 0 Å². The average Bonchev–Trinajstić information content (AvgIpc) is 3.19. The fourth-order valence-electron chi connectivity index (χ4n) is 2.79. The topological polar surface area (TPSA) is 73.8 Å². The molecule has 0 saturated carbocycles. The molecule has 0 bridgehead atoms. The fourth-order valence-corrected chi connectivity index (χ4v) is 2.79. The Hall–Kier alpha value is -3.73. The van der Waals surface area contributed by atoms with E-state index < -0.39 is 0 Å². The first-order chi connectivity index (χ1) is 12.7. The number of rotatable bonds is 4. The van der Waals surface area contributed by atoms with Crippen LogP contribution < -0.4 is 5.73 Å². The van der Waals surface area contributed by atoms with Crippen molar-refractivity contribution in [1.29, 1.82) is 0 Å². The minimum Gasteiger partial charge on any atom is -0.398 e. The fraction of sp³-hybridized carbons (Fsp3) is 0. The first-order valence-corrected chi connectivity index (χ1v) is 8.20. The maximum atomic E-state index is 12.6. The molecule has 126 valence electrons. The van der Waals surface area contributed by atoms with Crippen molar-refractivity contribution in [3.8, 4) is 16.8 Å². The molecule has 0 aliphatic heterocycles. The first kappa shape index (κ1) is 15.8. The molecule has 0 atom stereocenters. The van der Waals surface area contributed by atoms with Crippen molar-refractivity contribution >= 4 is 11.5 Å². The van der Waals surface area contributed by atoms with E-state index in [2.05, 4.69) is 10.3 Å². The number of carbonyl (C=O) groups is 1. The van der Waals surface area contributed by atoms with Gasteiger partial charge in [-0.15, -0.1) is 5.10 Å². The maximum Gasteiger partial charge on any atom is 0.216 e. The zero-order valence-electron chi connectivity index (χ0n) is 13.9. The number of para-hydroxylation sites is 1. The molecule has 0 spiro atoms. The van der Waals surface area contributed by atoms with Crippen LogP contribution >= 0.6 is 0 Å². The van der Waals surface area contributed by atoms with E-state index in [1.807, 2.05) is 54.6 Å². The minimum absolute atomic E-state index is 0.242. The standard InChI is InChI=1S/C21H16N4O/c22-19-12-5-4-11-18(19)21(26)20-14-25(24-23-20)17-10-6-9-16(13-17)15-7-2-1-3-8-15/h1-14H,22H2. The van der Waals surface area contributed by atoms with Crippen molar-refractivity contribution in [2.24, 2.45) is 0 Å². The van der Waals surface area contributed by atoms with Crippen molar-refractivity contribution in [1.82, 2.24) is 15.0 Å². The molecular formula is C21H16N4O. The lowest BCUT2D eigenvalue weighted by atomic mass is 10.1. The van der Waals surface area contributed by atoms with Gasteiger partial charge in [0.25, 0.3) is 0 Å². The number of nitrogens with two attached hydrogens (primary N) is 1. The Morgan fingerprint density at radius 2 is 1.58 bits per heavy atom. The Labute approximate surface area is 150 Å². The van der Waals surface area contributed by atoms with E-state index in [9.17, 15) is 4.79 Å². The number of carbonyl (C=O) groups excluding carboxylic acids is 1. The quantitative estimate of drug-likeness (QED) is 0.453. The van der Waals surface area contributed by atoms with Crippen molar-refractivity contribution in [3.05, 3.63) is 96.3 Å². The number of aromatic nitrogens is 3. The monoisotopic (exact) mass is 340 g/mol. The molecule has 26 heavy (non-hydrogen) atoms. The van der Waals surface area contributed by atoms with E-state index in [4.69, 9.17) is 5.73 Å². The van der Waals surface area contributed by atoms with Crippen LogP contribution in [0, 0.1) is 0 Å². The lowest BCUT2D eigenvalue weighted by Crippen LogP contribution is -2.05. The first-order valence-electron chi connectivity index (χ1n) is 8.20. The van der Waals surface area contributed by atoms with Gasteiger partial charge in [-0.05, 0) is 35.4 Å². The molecule has 0 aliphatic carbocycles. The minimum atomic E-state index is -0.242. The normalized spacial score (nSPS) is 10.6. The van der Waals surface area contributed by atoms with Crippen LogP contribution in [0.15, 0.2) is 85.1 Å². The molecule has 0 fully saturated rings. The molecule has 0 unspecified atom stereocenters. The Kier molecular flexibility index (Phi) is 4.03. The summed E-state index contributed by atoms with van der Waals surface area (Å²) in [4.78, 5) is 12.6. The van der Waals surface area contributed by atoms with Gasteiger partial charge in [0.1, 0.15) is 0 Å². The summed E-state index contributed by atoms with van der Waals surface area (Å²) in [7, 11) is 0. The summed E-state index contributed by atoms with van der Waals surface area (Å²) in [6.07, 6.45) is 1.62. The van der Waals surface area contributed by atoms with Gasteiger partial charge in [-0.25, -0.2) is 4.68 Å². The number of benzene rings is 3. The highest BCUT2D eigenvalue weighted by Crippen LogP contribution is 2.22. The zero-order valence-corrected chi connectivity index (χ0v) is 13.9. The molecule has 0 saturated heterocycles. The highest BCUT2D eigenvalue weighted by atomic mass is 16.1. The van der Waals surface area contributed by atoms with Crippen LogP contribution in [0.4, 0.5) is 5.69 Å². The number of anilines is 1. The molecule has 5 nitrogen and oxygen atoms in total. The van der Waals surface area contributed by atoms with Gasteiger partial charge in [-0.1, -0.05) is 59.8 Å². The second kappa shape index (κ2) is 6.64. The second-order valence-corrected chi connectivity index (χ2v) is 5.88. The van der Waals surface area contributed by atoms with Crippen molar-refractivity contribution in [2.75, 3.05) is 5.73 Å². The third-order valence-corrected chi connectivity index (χ3v) is 4.15. The van der Waals surface area contributed by atoms with Crippen LogP contribution in [-0.2, 0) is 0 Å². The molecule has 4 aromatic rings. The van der Waals surface area contributed by atoms with E-state index in [1.54, 1.807) is 35.1 Å². The van der Waals surface area contributed by atoms with Crippen LogP contribution in [0.2, 0.25) is 0 Å². The van der Waals surface area contributed by atoms with E-state index in [1.165, 1.54) is 0 Å². The van der Waals surface area contributed by atoms with Gasteiger partial charge in [0.2, 0.25) is 5.78 Å². The Balaban J connectivity index is 1.67. The highest BCUT2D eigenvalue weighted by Gasteiger charge is 2.16. The highest BCUT2D eigenvalue weighted by molar-refractivity contribution is 6.10. The summed E-state index contributed by atoms with van der Waals surface area (Å²) >= 11 is 0. The summed E-state index contributed by atoms with van der Waals surface area (Å²) in [5, 5.41) is 8.12. The molecule has 4 rings (SSSR count). The van der Waals surface area contributed by atoms with Crippen molar-refractivity contribution in [3.63, 3.8) is 0 Å². The third kappa shape index (κ3) is 2.98. The Morgan fingerprint density at radius 1 is 0.846 bits per heavy atom. The molecule has 0 aliphatic rings. The molecule has 1 heterocycles. The summed E-state index contributed by atoms with van der Waals surface area (Å²) in [5.41, 5.74) is 10.0. The zero-order chi connectivity index (χ0) is 17.9. The molecular weight excluding hydrogens is 324 g/mol. The van der Waals surface area contributed by atoms with Crippen LogP contribution in [0.25, 0.3) is 16.8 Å².